The molecule has 1 aromatic heterocycles. The van der Waals surface area contributed by atoms with E-state index < -0.39 is 5.82 Å². The summed E-state index contributed by atoms with van der Waals surface area (Å²) in [7, 11) is 0. The molecule has 0 bridgehead atoms. The molecule has 2 aromatic rings. The summed E-state index contributed by atoms with van der Waals surface area (Å²) in [6.07, 6.45) is 0. The van der Waals surface area contributed by atoms with E-state index in [0.29, 0.717) is 16.1 Å². The molecule has 5 heteroatoms. The lowest BCUT2D eigenvalue weighted by atomic mass is 10.1. The van der Waals surface area contributed by atoms with Crippen LogP contribution in [-0.2, 0) is 0 Å². The van der Waals surface area contributed by atoms with Gasteiger partial charge in [-0.1, -0.05) is 34.8 Å². The Bertz CT molecular complexity index is 549. The van der Waals surface area contributed by atoms with Crippen molar-refractivity contribution in [3.8, 4) is 0 Å². The Morgan fingerprint density at radius 3 is 2.53 bits per heavy atom. The summed E-state index contributed by atoms with van der Waals surface area (Å²) in [6, 6.07) is 3.09. The second-order valence-electron chi connectivity index (χ2n) is 3.15. The first-order valence-corrected chi connectivity index (χ1v) is 5.24. The number of nitrogens with zero attached hydrogens (tertiary/aromatic N) is 1. The zero-order valence-electron chi connectivity index (χ0n) is 7.61. The van der Waals surface area contributed by atoms with Crippen LogP contribution in [0.4, 0.5) is 4.39 Å². The lowest BCUT2D eigenvalue weighted by Crippen LogP contribution is -1.88. The van der Waals surface area contributed by atoms with Gasteiger partial charge in [-0.2, -0.15) is 0 Å². The van der Waals surface area contributed by atoms with Crippen LogP contribution < -0.4 is 0 Å². The van der Waals surface area contributed by atoms with Crippen molar-refractivity contribution in [1.29, 1.82) is 0 Å². The van der Waals surface area contributed by atoms with Crippen molar-refractivity contribution >= 4 is 45.7 Å². The van der Waals surface area contributed by atoms with Crippen molar-refractivity contribution in [2.75, 3.05) is 0 Å². The molecular formula is C10H5Cl3FN. The molecule has 2 rings (SSSR count). The molecule has 78 valence electrons. The second-order valence-corrected chi connectivity index (χ2v) is 4.29. The first-order valence-electron chi connectivity index (χ1n) is 4.11. The third kappa shape index (κ3) is 1.78. The molecule has 0 amide bonds. The number of pyridine rings is 1. The summed E-state index contributed by atoms with van der Waals surface area (Å²) in [4.78, 5) is 4.07. The average molecular weight is 265 g/mol. The van der Waals surface area contributed by atoms with Crippen LogP contribution in [0.1, 0.15) is 5.56 Å². The van der Waals surface area contributed by atoms with Crippen molar-refractivity contribution in [3.05, 3.63) is 38.7 Å². The number of hydrogen-bond donors (Lipinski definition) is 0. The number of rotatable bonds is 0. The van der Waals surface area contributed by atoms with Crippen LogP contribution in [0.15, 0.2) is 12.1 Å². The minimum absolute atomic E-state index is 0.0234. The van der Waals surface area contributed by atoms with E-state index in [2.05, 4.69) is 4.98 Å². The maximum absolute atomic E-state index is 13.4. The van der Waals surface area contributed by atoms with Crippen LogP contribution in [0, 0.1) is 12.7 Å². The molecule has 1 heterocycles. The lowest BCUT2D eigenvalue weighted by molar-refractivity contribution is 0.630. The molecule has 0 unspecified atom stereocenters. The number of fused-ring (bicyclic) bond motifs is 1. The van der Waals surface area contributed by atoms with E-state index in [4.69, 9.17) is 34.8 Å². The molecule has 0 N–H and O–H groups in total. The molecule has 0 spiro atoms. The summed E-state index contributed by atoms with van der Waals surface area (Å²) >= 11 is 17.3. The maximum atomic E-state index is 13.4. The highest BCUT2D eigenvalue weighted by atomic mass is 35.5. The van der Waals surface area contributed by atoms with Gasteiger partial charge in [0, 0.05) is 5.39 Å². The summed E-state index contributed by atoms with van der Waals surface area (Å²) in [5, 5.41) is 0.798. The van der Waals surface area contributed by atoms with Crippen molar-refractivity contribution in [3.63, 3.8) is 0 Å². The Morgan fingerprint density at radius 2 is 1.87 bits per heavy atom. The van der Waals surface area contributed by atoms with Gasteiger partial charge in [-0.25, -0.2) is 9.37 Å². The van der Waals surface area contributed by atoms with Gasteiger partial charge in [0.1, 0.15) is 5.15 Å². The number of aryl methyl sites for hydroxylation is 1. The van der Waals surface area contributed by atoms with E-state index in [1.807, 2.05) is 0 Å². The Labute approximate surface area is 101 Å². The Balaban J connectivity index is 2.93. The summed E-state index contributed by atoms with van der Waals surface area (Å²) in [5.74, 6) is -0.630. The van der Waals surface area contributed by atoms with Crippen molar-refractivity contribution in [2.45, 2.75) is 6.92 Å². The minimum atomic E-state index is -0.630. The smallest absolute Gasteiger partial charge is 0.161 e. The van der Waals surface area contributed by atoms with Crippen LogP contribution in [0.3, 0.4) is 0 Å². The van der Waals surface area contributed by atoms with Gasteiger partial charge < -0.3 is 0 Å². The normalized spacial score (nSPS) is 11.0. The van der Waals surface area contributed by atoms with Crippen LogP contribution in [-0.4, -0.2) is 4.98 Å². The Morgan fingerprint density at radius 1 is 1.20 bits per heavy atom. The van der Waals surface area contributed by atoms with Gasteiger partial charge in [0.15, 0.2) is 5.82 Å². The van der Waals surface area contributed by atoms with Gasteiger partial charge >= 0.3 is 0 Å². The number of hydrogen-bond acceptors (Lipinski definition) is 1. The highest BCUT2D eigenvalue weighted by Gasteiger charge is 2.12. The highest BCUT2D eigenvalue weighted by Crippen LogP contribution is 2.32. The molecule has 0 saturated carbocycles. The Kier molecular flexibility index (Phi) is 2.75. The maximum Gasteiger partial charge on any atom is 0.161 e. The topological polar surface area (TPSA) is 12.9 Å². The summed E-state index contributed by atoms with van der Waals surface area (Å²) < 4.78 is 13.4. The predicted octanol–water partition coefficient (Wildman–Crippen LogP) is 4.64. The minimum Gasteiger partial charge on any atom is -0.236 e. The fourth-order valence-electron chi connectivity index (χ4n) is 1.30. The third-order valence-corrected chi connectivity index (χ3v) is 3.11. The van der Waals surface area contributed by atoms with Crippen molar-refractivity contribution in [1.82, 2.24) is 4.98 Å². The molecule has 0 atom stereocenters. The van der Waals surface area contributed by atoms with E-state index in [-0.39, 0.29) is 10.0 Å². The molecule has 0 aliphatic rings. The van der Waals surface area contributed by atoms with Crippen LogP contribution in [0.2, 0.25) is 15.2 Å². The standard InChI is InChI=1S/C10H5Cl3FN/c1-4-2-5-7(15-10(4)13)3-6(11)9(14)8(5)12/h2-3H,1H3. The SMILES string of the molecule is Cc1cc2c(Cl)c(F)c(Cl)cc2nc1Cl. The van der Waals surface area contributed by atoms with E-state index in [1.54, 1.807) is 13.0 Å². The Hall–Kier alpha value is -0.570. The number of benzene rings is 1. The molecule has 1 aromatic carbocycles. The number of aromatic nitrogens is 1. The van der Waals surface area contributed by atoms with Gasteiger partial charge in [-0.05, 0) is 24.6 Å². The summed E-state index contributed by atoms with van der Waals surface area (Å²) in [6.45, 7) is 1.78. The van der Waals surface area contributed by atoms with Gasteiger partial charge in [0.25, 0.3) is 0 Å². The first kappa shape index (κ1) is 10.9. The fraction of sp³-hybridized carbons (Fsp3) is 0.100. The van der Waals surface area contributed by atoms with Crippen molar-refractivity contribution < 1.29 is 4.39 Å². The van der Waals surface area contributed by atoms with Crippen LogP contribution in [0.5, 0.6) is 0 Å². The molecule has 0 saturated heterocycles. The van der Waals surface area contributed by atoms with E-state index in [1.165, 1.54) is 6.07 Å². The van der Waals surface area contributed by atoms with E-state index >= 15 is 0 Å². The molecule has 0 fully saturated rings. The molecule has 0 aliphatic carbocycles. The third-order valence-electron chi connectivity index (χ3n) is 2.08. The van der Waals surface area contributed by atoms with E-state index in [0.717, 1.165) is 5.56 Å². The molecule has 0 radical (unpaired) electrons. The monoisotopic (exact) mass is 263 g/mol. The molecule has 1 nitrogen and oxygen atoms in total. The quantitative estimate of drug-likeness (QED) is 0.499. The average Bonchev–Trinajstić information content (AvgIpc) is 2.19. The fourth-order valence-corrected chi connectivity index (χ4v) is 1.94. The largest absolute Gasteiger partial charge is 0.236 e. The van der Waals surface area contributed by atoms with Crippen molar-refractivity contribution in [2.24, 2.45) is 0 Å². The highest BCUT2D eigenvalue weighted by molar-refractivity contribution is 6.39. The van der Waals surface area contributed by atoms with Gasteiger partial charge in [0.05, 0.1) is 15.6 Å². The first-order chi connectivity index (χ1) is 7.00. The second kappa shape index (κ2) is 3.78. The van der Waals surface area contributed by atoms with Gasteiger partial charge in [-0.15, -0.1) is 0 Å². The van der Waals surface area contributed by atoms with Gasteiger partial charge in [0.2, 0.25) is 0 Å². The zero-order chi connectivity index (χ0) is 11.2. The zero-order valence-corrected chi connectivity index (χ0v) is 9.88. The van der Waals surface area contributed by atoms with Crippen LogP contribution >= 0.6 is 34.8 Å². The van der Waals surface area contributed by atoms with E-state index in [9.17, 15) is 4.39 Å². The lowest BCUT2D eigenvalue weighted by Gasteiger charge is -2.05. The van der Waals surface area contributed by atoms with Crippen LogP contribution in [0.25, 0.3) is 10.9 Å². The number of halogens is 4. The molecular weight excluding hydrogens is 259 g/mol. The predicted molar refractivity (Wildman–Crippen MR) is 61.5 cm³/mol. The molecule has 15 heavy (non-hydrogen) atoms. The van der Waals surface area contributed by atoms with Gasteiger partial charge in [-0.3, -0.25) is 0 Å². The molecule has 0 aliphatic heterocycles. The summed E-state index contributed by atoms with van der Waals surface area (Å²) in [5.41, 5.74) is 1.23.